The number of carbonyl (C=O) groups is 1. The Kier molecular flexibility index (Phi) is 5.22. The summed E-state index contributed by atoms with van der Waals surface area (Å²) in [5, 5.41) is 0. The van der Waals surface area contributed by atoms with E-state index in [1.165, 1.54) is 0 Å². The van der Waals surface area contributed by atoms with E-state index in [1.54, 1.807) is 6.92 Å². The molecule has 1 atom stereocenters. The summed E-state index contributed by atoms with van der Waals surface area (Å²) in [6, 6.07) is -0.334. The van der Waals surface area contributed by atoms with Gasteiger partial charge < -0.3 is 10.5 Å². The molecule has 0 aromatic carbocycles. The van der Waals surface area contributed by atoms with E-state index in [9.17, 15) is 4.79 Å². The molecule has 0 saturated heterocycles. The molecule has 0 spiro atoms. The van der Waals surface area contributed by atoms with Crippen LogP contribution in [0, 0.1) is 12.3 Å². The monoisotopic (exact) mass is 155 g/mol. The molecule has 3 heteroatoms. The molecule has 62 valence electrons. The second kappa shape index (κ2) is 5.75. The van der Waals surface area contributed by atoms with Crippen molar-refractivity contribution in [3.05, 3.63) is 0 Å². The molecule has 0 heterocycles. The first kappa shape index (κ1) is 9.99. The molecule has 0 rings (SSSR count). The summed E-state index contributed by atoms with van der Waals surface area (Å²) in [5.41, 5.74) is 5.37. The fourth-order valence-corrected chi connectivity index (χ4v) is 0.590. The molecule has 0 fully saturated rings. The summed E-state index contributed by atoms with van der Waals surface area (Å²) in [7, 11) is 0. The van der Waals surface area contributed by atoms with Crippen molar-refractivity contribution in [1.82, 2.24) is 0 Å². The quantitative estimate of drug-likeness (QED) is 0.469. The smallest absolute Gasteiger partial charge is 0.305 e. The largest absolute Gasteiger partial charge is 0.466 e. The molecular formula is C8H13NO2. The van der Waals surface area contributed by atoms with E-state index in [4.69, 9.17) is 12.2 Å². The molecule has 1 unspecified atom stereocenters. The number of nitrogens with two attached hydrogens (primary N) is 1. The van der Waals surface area contributed by atoms with Crippen LogP contribution < -0.4 is 5.73 Å². The zero-order valence-corrected chi connectivity index (χ0v) is 6.67. The molecule has 0 aliphatic heterocycles. The molecule has 3 nitrogen and oxygen atoms in total. The third kappa shape index (κ3) is 5.43. The lowest BCUT2D eigenvalue weighted by Gasteiger charge is -2.02. The van der Waals surface area contributed by atoms with E-state index < -0.39 is 0 Å². The van der Waals surface area contributed by atoms with Crippen LogP contribution in [0.4, 0.5) is 0 Å². The van der Waals surface area contributed by atoms with Gasteiger partial charge in [-0.15, -0.1) is 6.42 Å². The molecule has 0 aromatic heterocycles. The number of hydrogen-bond acceptors (Lipinski definition) is 3. The minimum Gasteiger partial charge on any atom is -0.466 e. The van der Waals surface area contributed by atoms with Crippen molar-refractivity contribution in [3.8, 4) is 12.3 Å². The van der Waals surface area contributed by atoms with Crippen molar-refractivity contribution in [2.75, 3.05) is 6.61 Å². The second-order valence-corrected chi connectivity index (χ2v) is 2.12. The summed E-state index contributed by atoms with van der Waals surface area (Å²) in [4.78, 5) is 10.7. The average molecular weight is 155 g/mol. The van der Waals surface area contributed by atoms with Crippen molar-refractivity contribution in [2.24, 2.45) is 5.73 Å². The molecule has 0 aromatic rings. The van der Waals surface area contributed by atoms with E-state index >= 15 is 0 Å². The fourth-order valence-electron chi connectivity index (χ4n) is 0.590. The van der Waals surface area contributed by atoms with E-state index in [0.29, 0.717) is 19.4 Å². The Morgan fingerprint density at radius 1 is 1.82 bits per heavy atom. The van der Waals surface area contributed by atoms with Crippen molar-refractivity contribution in [2.45, 2.75) is 25.8 Å². The van der Waals surface area contributed by atoms with Gasteiger partial charge in [0.2, 0.25) is 0 Å². The van der Waals surface area contributed by atoms with Gasteiger partial charge in [0.25, 0.3) is 0 Å². The topological polar surface area (TPSA) is 52.3 Å². The standard InChI is InChI=1S/C8H13NO2/c1-3-7(9)5-6-8(10)11-4-2/h1,7H,4-6,9H2,2H3. The zero-order valence-electron chi connectivity index (χ0n) is 6.67. The van der Waals surface area contributed by atoms with Crippen LogP contribution in [0.25, 0.3) is 0 Å². The van der Waals surface area contributed by atoms with Crippen LogP contribution in [0.15, 0.2) is 0 Å². The Morgan fingerprint density at radius 3 is 2.91 bits per heavy atom. The highest BCUT2D eigenvalue weighted by molar-refractivity contribution is 5.69. The predicted octanol–water partition coefficient (Wildman–Crippen LogP) is 0.290. The maximum atomic E-state index is 10.7. The lowest BCUT2D eigenvalue weighted by Crippen LogP contribution is -2.19. The van der Waals surface area contributed by atoms with Crippen LogP contribution in [-0.4, -0.2) is 18.6 Å². The molecule has 0 aliphatic carbocycles. The minimum atomic E-state index is -0.334. The normalized spacial score (nSPS) is 11.7. The average Bonchev–Trinajstić information content (AvgIpc) is 2.01. The lowest BCUT2D eigenvalue weighted by molar-refractivity contribution is -0.143. The predicted molar refractivity (Wildman–Crippen MR) is 42.7 cm³/mol. The van der Waals surface area contributed by atoms with Crippen molar-refractivity contribution < 1.29 is 9.53 Å². The molecule has 0 bridgehead atoms. The van der Waals surface area contributed by atoms with Crippen LogP contribution in [0.5, 0.6) is 0 Å². The van der Waals surface area contributed by atoms with Gasteiger partial charge in [-0.2, -0.15) is 0 Å². The van der Waals surface area contributed by atoms with Crippen LogP contribution >= 0.6 is 0 Å². The van der Waals surface area contributed by atoms with Crippen molar-refractivity contribution >= 4 is 5.97 Å². The summed E-state index contributed by atoms with van der Waals surface area (Å²) < 4.78 is 4.67. The first-order valence-corrected chi connectivity index (χ1v) is 3.58. The highest BCUT2D eigenvalue weighted by atomic mass is 16.5. The number of carbonyl (C=O) groups excluding carboxylic acids is 1. The third-order valence-electron chi connectivity index (χ3n) is 1.18. The number of hydrogen-bond donors (Lipinski definition) is 1. The van der Waals surface area contributed by atoms with E-state index in [2.05, 4.69) is 10.7 Å². The van der Waals surface area contributed by atoms with Gasteiger partial charge in [-0.1, -0.05) is 5.92 Å². The Morgan fingerprint density at radius 2 is 2.45 bits per heavy atom. The molecular weight excluding hydrogens is 142 g/mol. The molecule has 0 radical (unpaired) electrons. The Balaban J connectivity index is 3.39. The highest BCUT2D eigenvalue weighted by Gasteiger charge is 2.04. The Labute approximate surface area is 66.9 Å². The van der Waals surface area contributed by atoms with Crippen LogP contribution in [0.2, 0.25) is 0 Å². The van der Waals surface area contributed by atoms with E-state index in [0.717, 1.165) is 0 Å². The van der Waals surface area contributed by atoms with Crippen molar-refractivity contribution in [1.29, 1.82) is 0 Å². The number of terminal acetylenes is 1. The Bertz CT molecular complexity index is 160. The fraction of sp³-hybridized carbons (Fsp3) is 0.625. The van der Waals surface area contributed by atoms with Gasteiger partial charge in [0.1, 0.15) is 0 Å². The molecule has 0 saturated carbocycles. The maximum Gasteiger partial charge on any atom is 0.305 e. The summed E-state index contributed by atoms with van der Waals surface area (Å²) in [6.07, 6.45) is 5.81. The van der Waals surface area contributed by atoms with Crippen LogP contribution in [0.3, 0.4) is 0 Å². The van der Waals surface area contributed by atoms with E-state index in [1.807, 2.05) is 0 Å². The zero-order chi connectivity index (χ0) is 8.69. The van der Waals surface area contributed by atoms with Crippen molar-refractivity contribution in [3.63, 3.8) is 0 Å². The van der Waals surface area contributed by atoms with Gasteiger partial charge >= 0.3 is 5.97 Å². The van der Waals surface area contributed by atoms with Crippen LogP contribution in [-0.2, 0) is 9.53 Å². The summed E-state index contributed by atoms with van der Waals surface area (Å²) in [6.45, 7) is 2.17. The minimum absolute atomic E-state index is 0.238. The highest BCUT2D eigenvalue weighted by Crippen LogP contribution is 1.95. The van der Waals surface area contributed by atoms with Gasteiger partial charge in [0, 0.05) is 6.42 Å². The molecule has 11 heavy (non-hydrogen) atoms. The first-order chi connectivity index (χ1) is 5.20. The number of rotatable bonds is 4. The summed E-state index contributed by atoms with van der Waals surface area (Å²) >= 11 is 0. The van der Waals surface area contributed by atoms with Gasteiger partial charge in [0.05, 0.1) is 12.6 Å². The van der Waals surface area contributed by atoms with Gasteiger partial charge in [-0.25, -0.2) is 0 Å². The molecule has 0 amide bonds. The Hall–Kier alpha value is -1.01. The van der Waals surface area contributed by atoms with E-state index in [-0.39, 0.29) is 12.0 Å². The molecule has 0 aliphatic rings. The van der Waals surface area contributed by atoms with Crippen LogP contribution in [0.1, 0.15) is 19.8 Å². The summed E-state index contributed by atoms with van der Waals surface area (Å²) in [5.74, 6) is 2.09. The van der Waals surface area contributed by atoms with Gasteiger partial charge in [0.15, 0.2) is 0 Å². The lowest BCUT2D eigenvalue weighted by atomic mass is 10.2. The SMILES string of the molecule is C#CC(N)CCC(=O)OCC. The third-order valence-corrected chi connectivity index (χ3v) is 1.18. The van der Waals surface area contributed by atoms with Gasteiger partial charge in [-0.3, -0.25) is 4.79 Å². The van der Waals surface area contributed by atoms with Gasteiger partial charge in [-0.05, 0) is 13.3 Å². The maximum absolute atomic E-state index is 10.7. The number of esters is 1. The molecule has 2 N–H and O–H groups in total. The number of ether oxygens (including phenoxy) is 1. The first-order valence-electron chi connectivity index (χ1n) is 3.58. The second-order valence-electron chi connectivity index (χ2n) is 2.12.